The molecule has 0 heterocycles. The van der Waals surface area contributed by atoms with Crippen LogP contribution in [0.2, 0.25) is 5.02 Å². The average molecular weight is 357 g/mol. The quantitative estimate of drug-likeness (QED) is 0.781. The normalized spacial score (nSPS) is 9.90. The fourth-order valence-electron chi connectivity index (χ4n) is 1.86. The summed E-state index contributed by atoms with van der Waals surface area (Å²) in [5.74, 6) is 0.893. The fraction of sp³-hybridized carbons (Fsp3) is 0.250. The Labute approximate surface area is 135 Å². The van der Waals surface area contributed by atoms with Gasteiger partial charge in [0.05, 0.1) is 7.11 Å². The van der Waals surface area contributed by atoms with Crippen molar-refractivity contribution in [1.29, 1.82) is 0 Å². The summed E-state index contributed by atoms with van der Waals surface area (Å²) in [5.41, 5.74) is 2.56. The highest BCUT2D eigenvalue weighted by molar-refractivity contribution is 8.93. The zero-order valence-corrected chi connectivity index (χ0v) is 13.9. The standard InChI is InChI=1S/C16H18ClNO.BrH/c1-19-16-8-4-14(5-9-16)12-18-11-10-13-2-6-15(17)7-3-13;/h2-9,18H,10-12H2,1H3;1H. The van der Waals surface area contributed by atoms with Crippen LogP contribution in [0.1, 0.15) is 11.1 Å². The summed E-state index contributed by atoms with van der Waals surface area (Å²) in [7, 11) is 1.68. The molecular formula is C16H19BrClNO. The minimum Gasteiger partial charge on any atom is -0.497 e. The maximum absolute atomic E-state index is 5.85. The van der Waals surface area contributed by atoms with Crippen molar-refractivity contribution in [3.05, 3.63) is 64.7 Å². The van der Waals surface area contributed by atoms with Crippen molar-refractivity contribution in [3.63, 3.8) is 0 Å². The summed E-state index contributed by atoms with van der Waals surface area (Å²) in [5, 5.41) is 4.22. The number of halogens is 2. The van der Waals surface area contributed by atoms with E-state index in [0.29, 0.717) is 0 Å². The molecular weight excluding hydrogens is 338 g/mol. The highest BCUT2D eigenvalue weighted by atomic mass is 79.9. The van der Waals surface area contributed by atoms with Gasteiger partial charge in [-0.3, -0.25) is 0 Å². The van der Waals surface area contributed by atoms with Crippen LogP contribution in [0.25, 0.3) is 0 Å². The third kappa shape index (κ3) is 5.53. The van der Waals surface area contributed by atoms with E-state index in [2.05, 4.69) is 29.6 Å². The summed E-state index contributed by atoms with van der Waals surface area (Å²) in [6.07, 6.45) is 1.01. The van der Waals surface area contributed by atoms with E-state index >= 15 is 0 Å². The molecule has 4 heteroatoms. The predicted octanol–water partition coefficient (Wildman–Crippen LogP) is 4.26. The SMILES string of the molecule is Br.COc1ccc(CNCCc2ccc(Cl)cc2)cc1. The van der Waals surface area contributed by atoms with E-state index in [-0.39, 0.29) is 17.0 Å². The molecule has 0 saturated heterocycles. The molecule has 0 bridgehead atoms. The largest absolute Gasteiger partial charge is 0.497 e. The summed E-state index contributed by atoms with van der Waals surface area (Å²) < 4.78 is 5.13. The van der Waals surface area contributed by atoms with Crippen molar-refractivity contribution in [3.8, 4) is 5.75 Å². The lowest BCUT2D eigenvalue weighted by Crippen LogP contribution is -2.16. The van der Waals surface area contributed by atoms with Crippen LogP contribution >= 0.6 is 28.6 Å². The summed E-state index contributed by atoms with van der Waals surface area (Å²) in [6, 6.07) is 16.1. The van der Waals surface area contributed by atoms with E-state index in [1.165, 1.54) is 11.1 Å². The van der Waals surface area contributed by atoms with Crippen LogP contribution in [-0.4, -0.2) is 13.7 Å². The third-order valence-electron chi connectivity index (χ3n) is 2.99. The van der Waals surface area contributed by atoms with E-state index in [1.807, 2.05) is 24.3 Å². The molecule has 108 valence electrons. The van der Waals surface area contributed by atoms with Crippen molar-refractivity contribution in [2.75, 3.05) is 13.7 Å². The van der Waals surface area contributed by atoms with Crippen LogP contribution in [0.3, 0.4) is 0 Å². The number of ether oxygens (including phenoxy) is 1. The summed E-state index contributed by atoms with van der Waals surface area (Å²) >= 11 is 5.85. The molecule has 0 atom stereocenters. The summed E-state index contributed by atoms with van der Waals surface area (Å²) in [4.78, 5) is 0. The highest BCUT2D eigenvalue weighted by Gasteiger charge is 1.96. The first kappa shape index (κ1) is 17.0. The van der Waals surface area contributed by atoms with Crippen molar-refractivity contribution >= 4 is 28.6 Å². The van der Waals surface area contributed by atoms with Gasteiger partial charge in [0.15, 0.2) is 0 Å². The van der Waals surface area contributed by atoms with E-state index in [4.69, 9.17) is 16.3 Å². The molecule has 0 aliphatic heterocycles. The molecule has 0 aliphatic rings. The van der Waals surface area contributed by atoms with Gasteiger partial charge in [-0.25, -0.2) is 0 Å². The van der Waals surface area contributed by atoms with Crippen molar-refractivity contribution in [1.82, 2.24) is 5.32 Å². The molecule has 0 spiro atoms. The number of rotatable bonds is 6. The van der Waals surface area contributed by atoms with Crippen LogP contribution in [-0.2, 0) is 13.0 Å². The second-order valence-electron chi connectivity index (χ2n) is 4.40. The number of hydrogen-bond acceptors (Lipinski definition) is 2. The molecule has 2 rings (SSSR count). The number of hydrogen-bond donors (Lipinski definition) is 1. The lowest BCUT2D eigenvalue weighted by atomic mass is 10.1. The van der Waals surface area contributed by atoms with Gasteiger partial charge in [0.25, 0.3) is 0 Å². The van der Waals surface area contributed by atoms with Gasteiger partial charge in [-0.2, -0.15) is 0 Å². The highest BCUT2D eigenvalue weighted by Crippen LogP contribution is 2.11. The van der Waals surface area contributed by atoms with Gasteiger partial charge < -0.3 is 10.1 Å². The Morgan fingerprint density at radius 3 is 2.15 bits per heavy atom. The molecule has 20 heavy (non-hydrogen) atoms. The lowest BCUT2D eigenvalue weighted by Gasteiger charge is -2.06. The van der Waals surface area contributed by atoms with E-state index in [9.17, 15) is 0 Å². The fourth-order valence-corrected chi connectivity index (χ4v) is 1.99. The Kier molecular flexibility index (Phi) is 7.67. The maximum atomic E-state index is 5.85. The van der Waals surface area contributed by atoms with Crippen LogP contribution in [0.5, 0.6) is 5.75 Å². The predicted molar refractivity (Wildman–Crippen MR) is 90.2 cm³/mol. The van der Waals surface area contributed by atoms with Gasteiger partial charge in [0, 0.05) is 11.6 Å². The average Bonchev–Trinajstić information content (AvgIpc) is 2.46. The van der Waals surface area contributed by atoms with Gasteiger partial charge in [-0.1, -0.05) is 35.9 Å². The monoisotopic (exact) mass is 355 g/mol. The molecule has 0 aliphatic carbocycles. The topological polar surface area (TPSA) is 21.3 Å². The molecule has 0 amide bonds. The van der Waals surface area contributed by atoms with Crippen LogP contribution in [0, 0.1) is 0 Å². The van der Waals surface area contributed by atoms with Crippen LogP contribution < -0.4 is 10.1 Å². The Morgan fingerprint density at radius 1 is 0.950 bits per heavy atom. The zero-order valence-electron chi connectivity index (χ0n) is 11.4. The van der Waals surface area contributed by atoms with Gasteiger partial charge in [-0.15, -0.1) is 17.0 Å². The van der Waals surface area contributed by atoms with E-state index in [0.717, 1.165) is 30.3 Å². The van der Waals surface area contributed by atoms with E-state index in [1.54, 1.807) is 7.11 Å². The Hall–Kier alpha value is -1.03. The minimum atomic E-state index is 0. The summed E-state index contributed by atoms with van der Waals surface area (Å²) in [6.45, 7) is 1.82. The van der Waals surface area contributed by atoms with Crippen LogP contribution in [0.4, 0.5) is 0 Å². The molecule has 0 unspecified atom stereocenters. The Bertz CT molecular complexity index is 499. The molecule has 0 radical (unpaired) electrons. The number of benzene rings is 2. The first-order valence-corrected chi connectivity index (χ1v) is 6.74. The second kappa shape index (κ2) is 9.01. The lowest BCUT2D eigenvalue weighted by molar-refractivity contribution is 0.414. The van der Waals surface area contributed by atoms with Gasteiger partial charge >= 0.3 is 0 Å². The molecule has 2 aromatic carbocycles. The third-order valence-corrected chi connectivity index (χ3v) is 3.24. The molecule has 2 aromatic rings. The van der Waals surface area contributed by atoms with Gasteiger partial charge in [0.1, 0.15) is 5.75 Å². The van der Waals surface area contributed by atoms with Crippen molar-refractivity contribution in [2.45, 2.75) is 13.0 Å². The second-order valence-corrected chi connectivity index (χ2v) is 4.84. The zero-order chi connectivity index (χ0) is 13.5. The molecule has 0 aromatic heterocycles. The van der Waals surface area contributed by atoms with Crippen LogP contribution in [0.15, 0.2) is 48.5 Å². The van der Waals surface area contributed by atoms with Gasteiger partial charge in [0.2, 0.25) is 0 Å². The Balaban J connectivity index is 0.00000200. The molecule has 1 N–H and O–H groups in total. The van der Waals surface area contributed by atoms with Crippen molar-refractivity contribution < 1.29 is 4.74 Å². The first-order valence-electron chi connectivity index (χ1n) is 6.36. The van der Waals surface area contributed by atoms with Gasteiger partial charge in [-0.05, 0) is 48.4 Å². The van der Waals surface area contributed by atoms with Crippen molar-refractivity contribution in [2.24, 2.45) is 0 Å². The molecule has 0 fully saturated rings. The number of methoxy groups -OCH3 is 1. The smallest absolute Gasteiger partial charge is 0.118 e. The molecule has 0 saturated carbocycles. The minimum absolute atomic E-state index is 0. The molecule has 2 nitrogen and oxygen atoms in total. The number of nitrogens with one attached hydrogen (secondary N) is 1. The maximum Gasteiger partial charge on any atom is 0.118 e. The van der Waals surface area contributed by atoms with E-state index < -0.39 is 0 Å². The first-order chi connectivity index (χ1) is 9.28. The Morgan fingerprint density at radius 2 is 1.55 bits per heavy atom.